The number of pyridine rings is 1. The average Bonchev–Trinajstić information content (AvgIpc) is 2.53. The van der Waals surface area contributed by atoms with Crippen LogP contribution >= 0.6 is 0 Å². The maximum absolute atomic E-state index is 12.8. The fourth-order valence-corrected chi connectivity index (χ4v) is 1.37. The first-order chi connectivity index (χ1) is 7.63. The Morgan fingerprint density at radius 1 is 1.69 bits per heavy atom. The van der Waals surface area contributed by atoms with Crippen molar-refractivity contribution < 1.29 is 18.3 Å². The predicted molar refractivity (Wildman–Crippen MR) is 54.3 cm³/mol. The molecule has 2 rings (SSSR count). The van der Waals surface area contributed by atoms with Gasteiger partial charge in [-0.15, -0.1) is 0 Å². The van der Waals surface area contributed by atoms with Crippen molar-refractivity contribution in [2.24, 2.45) is 0 Å². The Balaban J connectivity index is 2.60. The molecule has 5 nitrogen and oxygen atoms in total. The van der Waals surface area contributed by atoms with Gasteiger partial charge < -0.3 is 14.9 Å². The quantitative estimate of drug-likeness (QED) is 0.786. The number of fused-ring (bicyclic) bond motifs is 1. The van der Waals surface area contributed by atoms with E-state index in [2.05, 4.69) is 4.98 Å². The van der Waals surface area contributed by atoms with Crippen LogP contribution in [0.15, 0.2) is 16.7 Å². The number of ether oxygens (including phenoxy) is 1. The van der Waals surface area contributed by atoms with E-state index >= 15 is 0 Å². The fraction of sp³-hybridized carbons (Fsp3) is 0.200. The van der Waals surface area contributed by atoms with E-state index in [4.69, 9.17) is 14.9 Å². The molecule has 0 saturated heterocycles. The van der Waals surface area contributed by atoms with E-state index in [1.807, 2.05) is 0 Å². The van der Waals surface area contributed by atoms with Gasteiger partial charge in [-0.2, -0.15) is 0 Å². The standard InChI is InChI=1S/C10H9FN2O3/c1-2-15-10(14)7-8-6(16-9(7)12)3-5(11)4-13-8/h3-4H,2,12H2,1H3. The molecule has 6 heteroatoms. The summed E-state index contributed by atoms with van der Waals surface area (Å²) in [5.74, 6) is -1.30. The Morgan fingerprint density at radius 2 is 2.44 bits per heavy atom. The van der Waals surface area contributed by atoms with E-state index in [0.717, 1.165) is 12.3 Å². The largest absolute Gasteiger partial charge is 0.462 e. The summed E-state index contributed by atoms with van der Waals surface area (Å²) in [7, 11) is 0. The molecule has 16 heavy (non-hydrogen) atoms. The lowest BCUT2D eigenvalue weighted by Crippen LogP contribution is -2.06. The molecule has 0 fully saturated rings. The first-order valence-corrected chi connectivity index (χ1v) is 4.64. The van der Waals surface area contributed by atoms with Gasteiger partial charge in [-0.1, -0.05) is 0 Å². The lowest BCUT2D eigenvalue weighted by Gasteiger charge is -1.98. The molecule has 0 amide bonds. The number of nitrogens with zero attached hydrogens (tertiary/aromatic N) is 1. The molecule has 0 atom stereocenters. The van der Waals surface area contributed by atoms with Crippen molar-refractivity contribution in [3.8, 4) is 0 Å². The van der Waals surface area contributed by atoms with E-state index < -0.39 is 11.8 Å². The number of carbonyl (C=O) groups excluding carboxylic acids is 1. The van der Waals surface area contributed by atoms with Gasteiger partial charge >= 0.3 is 5.97 Å². The molecule has 84 valence electrons. The maximum Gasteiger partial charge on any atom is 0.345 e. The van der Waals surface area contributed by atoms with Crippen LogP contribution in [-0.4, -0.2) is 17.6 Å². The SMILES string of the molecule is CCOC(=O)c1c(N)oc2cc(F)cnc12. The second kappa shape index (κ2) is 3.80. The number of halogens is 1. The molecule has 0 aromatic carbocycles. The van der Waals surface area contributed by atoms with Gasteiger partial charge in [0.15, 0.2) is 5.58 Å². The molecule has 2 aromatic rings. The molecule has 0 saturated carbocycles. The molecule has 0 bridgehead atoms. The van der Waals surface area contributed by atoms with Crippen molar-refractivity contribution in [3.63, 3.8) is 0 Å². The molecule has 0 radical (unpaired) electrons. The maximum atomic E-state index is 12.8. The zero-order chi connectivity index (χ0) is 11.7. The number of furan rings is 1. The van der Waals surface area contributed by atoms with Crippen LogP contribution in [0, 0.1) is 5.82 Å². The van der Waals surface area contributed by atoms with E-state index in [-0.39, 0.29) is 29.2 Å². The summed E-state index contributed by atoms with van der Waals surface area (Å²) in [5, 5.41) is 0. The molecule has 2 aromatic heterocycles. The minimum atomic E-state index is -0.627. The Kier molecular flexibility index (Phi) is 2.47. The first kappa shape index (κ1) is 10.4. The Labute approximate surface area is 90.0 Å². The summed E-state index contributed by atoms with van der Waals surface area (Å²) in [6.45, 7) is 1.88. The van der Waals surface area contributed by atoms with Gasteiger partial charge in [0.2, 0.25) is 5.88 Å². The lowest BCUT2D eigenvalue weighted by atomic mass is 10.2. The highest BCUT2D eigenvalue weighted by Gasteiger charge is 2.21. The molecular weight excluding hydrogens is 215 g/mol. The molecule has 0 spiro atoms. The number of rotatable bonds is 2. The summed E-state index contributed by atoms with van der Waals surface area (Å²) < 4.78 is 22.7. The molecule has 0 aliphatic heterocycles. The highest BCUT2D eigenvalue weighted by Crippen LogP contribution is 2.27. The third-order valence-electron chi connectivity index (χ3n) is 2.00. The second-order valence-corrected chi connectivity index (χ2v) is 3.06. The molecule has 0 aliphatic rings. The highest BCUT2D eigenvalue weighted by atomic mass is 19.1. The van der Waals surface area contributed by atoms with E-state index in [1.165, 1.54) is 0 Å². The Hall–Kier alpha value is -2.11. The molecular formula is C10H9FN2O3. The monoisotopic (exact) mass is 224 g/mol. The van der Waals surface area contributed by atoms with Gasteiger partial charge in [-0.3, -0.25) is 0 Å². The minimum absolute atomic E-state index is 0.0388. The van der Waals surface area contributed by atoms with Crippen molar-refractivity contribution in [2.45, 2.75) is 6.92 Å². The predicted octanol–water partition coefficient (Wildman–Crippen LogP) is 1.73. The van der Waals surface area contributed by atoms with Gasteiger partial charge in [0.1, 0.15) is 16.9 Å². The number of hydrogen-bond acceptors (Lipinski definition) is 5. The summed E-state index contributed by atoms with van der Waals surface area (Å²) in [6.07, 6.45) is 0.986. The van der Waals surface area contributed by atoms with Gasteiger partial charge in [0.25, 0.3) is 0 Å². The van der Waals surface area contributed by atoms with Gasteiger partial charge in [0.05, 0.1) is 12.8 Å². The van der Waals surface area contributed by atoms with Crippen LogP contribution in [0.3, 0.4) is 0 Å². The van der Waals surface area contributed by atoms with E-state index in [1.54, 1.807) is 6.92 Å². The first-order valence-electron chi connectivity index (χ1n) is 4.64. The molecule has 0 aliphatic carbocycles. The van der Waals surface area contributed by atoms with Gasteiger partial charge in [-0.05, 0) is 6.92 Å². The smallest absolute Gasteiger partial charge is 0.345 e. The fourth-order valence-electron chi connectivity index (χ4n) is 1.37. The number of anilines is 1. The number of aromatic nitrogens is 1. The van der Waals surface area contributed by atoms with Crippen LogP contribution in [-0.2, 0) is 4.74 Å². The zero-order valence-electron chi connectivity index (χ0n) is 8.49. The molecule has 0 unspecified atom stereocenters. The third-order valence-corrected chi connectivity index (χ3v) is 2.00. The van der Waals surface area contributed by atoms with Crippen molar-refractivity contribution in [1.82, 2.24) is 4.98 Å². The van der Waals surface area contributed by atoms with Crippen LogP contribution < -0.4 is 5.73 Å². The number of carbonyl (C=O) groups is 1. The lowest BCUT2D eigenvalue weighted by molar-refractivity contribution is 0.0529. The van der Waals surface area contributed by atoms with Crippen molar-refractivity contribution in [1.29, 1.82) is 0 Å². The summed E-state index contributed by atoms with van der Waals surface area (Å²) >= 11 is 0. The summed E-state index contributed by atoms with van der Waals surface area (Å²) in [6, 6.07) is 1.11. The minimum Gasteiger partial charge on any atom is -0.462 e. The van der Waals surface area contributed by atoms with Crippen LogP contribution in [0.4, 0.5) is 10.3 Å². The van der Waals surface area contributed by atoms with E-state index in [0.29, 0.717) is 0 Å². The number of nitrogens with two attached hydrogens (primary N) is 1. The van der Waals surface area contributed by atoms with Crippen LogP contribution in [0.2, 0.25) is 0 Å². The molecule has 2 N–H and O–H groups in total. The topological polar surface area (TPSA) is 78.4 Å². The summed E-state index contributed by atoms with van der Waals surface area (Å²) in [5.41, 5.74) is 5.87. The van der Waals surface area contributed by atoms with Crippen molar-refractivity contribution >= 4 is 23.0 Å². The number of hydrogen-bond donors (Lipinski definition) is 1. The van der Waals surface area contributed by atoms with Gasteiger partial charge in [-0.25, -0.2) is 14.2 Å². The van der Waals surface area contributed by atoms with E-state index in [9.17, 15) is 9.18 Å². The summed E-state index contributed by atoms with van der Waals surface area (Å²) in [4.78, 5) is 15.3. The Bertz CT molecular complexity index is 550. The average molecular weight is 224 g/mol. The number of nitrogen functional groups attached to an aromatic ring is 1. The van der Waals surface area contributed by atoms with Gasteiger partial charge in [0, 0.05) is 6.07 Å². The molecule has 2 heterocycles. The van der Waals surface area contributed by atoms with Crippen LogP contribution in [0.25, 0.3) is 11.1 Å². The highest BCUT2D eigenvalue weighted by molar-refractivity contribution is 6.05. The van der Waals surface area contributed by atoms with Crippen molar-refractivity contribution in [3.05, 3.63) is 23.6 Å². The van der Waals surface area contributed by atoms with Crippen LogP contribution in [0.1, 0.15) is 17.3 Å². The van der Waals surface area contributed by atoms with Crippen molar-refractivity contribution in [2.75, 3.05) is 12.3 Å². The van der Waals surface area contributed by atoms with Crippen LogP contribution in [0.5, 0.6) is 0 Å². The second-order valence-electron chi connectivity index (χ2n) is 3.06. The third kappa shape index (κ3) is 1.58. The Morgan fingerprint density at radius 3 is 3.12 bits per heavy atom. The zero-order valence-corrected chi connectivity index (χ0v) is 8.49. The normalized spacial score (nSPS) is 10.6. The number of esters is 1.